The Hall–Kier alpha value is -2.46. The fraction of sp³-hybridized carbons (Fsp3) is 0.133. The van der Waals surface area contributed by atoms with Crippen molar-refractivity contribution in [2.75, 3.05) is 6.26 Å². The molecule has 3 amide bonds. The molecule has 2 rings (SSSR count). The van der Waals surface area contributed by atoms with E-state index in [1.54, 1.807) is 0 Å². The Bertz CT molecular complexity index is 951. The van der Waals surface area contributed by atoms with Gasteiger partial charge in [-0.3, -0.25) is 10.1 Å². The van der Waals surface area contributed by atoms with Crippen molar-refractivity contribution < 1.29 is 27.0 Å². The quantitative estimate of drug-likeness (QED) is 0.823. The second-order valence-corrected chi connectivity index (χ2v) is 7.69. The SMILES string of the molecule is CS(=O)(=NC(=O)NC(=O)c1ccc(Cl)cc1)c1ccc(C(F)(F)F)cn1. The molecule has 0 bridgehead atoms. The van der Waals surface area contributed by atoms with Crippen molar-refractivity contribution in [3.05, 3.63) is 58.7 Å². The van der Waals surface area contributed by atoms with E-state index < -0.39 is 33.4 Å². The van der Waals surface area contributed by atoms with Gasteiger partial charge in [0.2, 0.25) is 0 Å². The number of halogens is 4. The third kappa shape index (κ3) is 5.02. The number of nitrogens with one attached hydrogen (secondary N) is 1. The summed E-state index contributed by atoms with van der Waals surface area (Å²) in [5, 5.41) is 1.97. The van der Waals surface area contributed by atoms with Crippen LogP contribution in [0.1, 0.15) is 15.9 Å². The number of rotatable bonds is 2. The highest BCUT2D eigenvalue weighted by Crippen LogP contribution is 2.28. The van der Waals surface area contributed by atoms with Gasteiger partial charge in [-0.25, -0.2) is 14.0 Å². The Morgan fingerprint density at radius 2 is 1.77 bits per heavy atom. The number of nitrogens with zero attached hydrogens (tertiary/aromatic N) is 2. The fourth-order valence-corrected chi connectivity index (χ4v) is 2.92. The van der Waals surface area contributed by atoms with Crippen molar-refractivity contribution in [1.29, 1.82) is 0 Å². The number of imide groups is 1. The zero-order valence-corrected chi connectivity index (χ0v) is 14.7. The lowest BCUT2D eigenvalue weighted by Crippen LogP contribution is -2.28. The van der Waals surface area contributed by atoms with Gasteiger partial charge in [0, 0.05) is 23.0 Å². The maximum absolute atomic E-state index is 12.5. The molecule has 11 heteroatoms. The first kappa shape index (κ1) is 19.9. The largest absolute Gasteiger partial charge is 0.417 e. The van der Waals surface area contributed by atoms with Crippen molar-refractivity contribution in [2.45, 2.75) is 11.2 Å². The number of carbonyl (C=O) groups is 2. The van der Waals surface area contributed by atoms with Crippen molar-refractivity contribution in [2.24, 2.45) is 4.36 Å². The molecule has 138 valence electrons. The first-order valence-electron chi connectivity index (χ1n) is 6.85. The zero-order valence-electron chi connectivity index (χ0n) is 13.1. The molecule has 0 aliphatic carbocycles. The summed E-state index contributed by atoms with van der Waals surface area (Å²) >= 11 is 5.68. The van der Waals surface area contributed by atoms with Crippen molar-refractivity contribution in [1.82, 2.24) is 10.3 Å². The van der Waals surface area contributed by atoms with Gasteiger partial charge in [0.15, 0.2) is 0 Å². The van der Waals surface area contributed by atoms with Crippen LogP contribution in [0.5, 0.6) is 0 Å². The average molecular weight is 406 g/mol. The van der Waals surface area contributed by atoms with Gasteiger partial charge in [-0.1, -0.05) is 11.6 Å². The Morgan fingerprint density at radius 3 is 2.27 bits per heavy atom. The topological polar surface area (TPSA) is 88.5 Å². The van der Waals surface area contributed by atoms with E-state index in [0.717, 1.165) is 12.3 Å². The zero-order chi connectivity index (χ0) is 19.5. The Labute approximate surface area is 151 Å². The third-order valence-corrected chi connectivity index (χ3v) is 4.82. The number of alkyl halides is 3. The molecule has 1 atom stereocenters. The molecule has 0 radical (unpaired) electrons. The molecule has 0 saturated heterocycles. The maximum Gasteiger partial charge on any atom is 0.417 e. The molecule has 0 saturated carbocycles. The van der Waals surface area contributed by atoms with Gasteiger partial charge in [0.05, 0.1) is 15.3 Å². The molecule has 2 aromatic rings. The van der Waals surface area contributed by atoms with E-state index in [4.69, 9.17) is 11.6 Å². The fourth-order valence-electron chi connectivity index (χ4n) is 1.77. The molecule has 0 fully saturated rings. The van der Waals surface area contributed by atoms with Crippen LogP contribution in [-0.4, -0.2) is 27.4 Å². The second kappa shape index (κ2) is 7.42. The number of carbonyl (C=O) groups excluding carboxylic acids is 2. The van der Waals surface area contributed by atoms with Crippen molar-refractivity contribution in [3.8, 4) is 0 Å². The van der Waals surface area contributed by atoms with Gasteiger partial charge in [-0.15, -0.1) is 4.36 Å². The molecule has 26 heavy (non-hydrogen) atoms. The van der Waals surface area contributed by atoms with Crippen LogP contribution in [0.15, 0.2) is 52.0 Å². The highest BCUT2D eigenvalue weighted by molar-refractivity contribution is 7.93. The standard InChI is InChI=1S/C15H11ClF3N3O3S/c1-26(25,12-7-4-10(8-20-12)15(17,18)19)22-14(24)21-13(23)9-2-5-11(16)6-3-9/h2-8H,1H3,(H,21,23,24). The van der Waals surface area contributed by atoms with Gasteiger partial charge in [-0.05, 0) is 36.4 Å². The Kier molecular flexibility index (Phi) is 5.67. The number of benzene rings is 1. The summed E-state index contributed by atoms with van der Waals surface area (Å²) < 4.78 is 53.3. The van der Waals surface area contributed by atoms with Crippen molar-refractivity contribution in [3.63, 3.8) is 0 Å². The lowest BCUT2D eigenvalue weighted by molar-refractivity contribution is -0.137. The average Bonchev–Trinajstić information content (AvgIpc) is 2.54. The summed E-state index contributed by atoms with van der Waals surface area (Å²) in [6.07, 6.45) is -3.08. The van der Waals surface area contributed by atoms with Crippen LogP contribution in [-0.2, 0) is 15.9 Å². The molecular formula is C15H11ClF3N3O3S. The summed E-state index contributed by atoms with van der Waals surface area (Å²) in [6, 6.07) is 5.94. The Morgan fingerprint density at radius 1 is 1.15 bits per heavy atom. The summed E-state index contributed by atoms with van der Waals surface area (Å²) in [4.78, 5) is 27.1. The monoisotopic (exact) mass is 405 g/mol. The van der Waals surface area contributed by atoms with E-state index in [-0.39, 0.29) is 10.6 Å². The number of urea groups is 1. The summed E-state index contributed by atoms with van der Waals surface area (Å²) in [7, 11) is -3.45. The molecule has 1 aromatic carbocycles. The molecule has 0 spiro atoms. The minimum Gasteiger partial charge on any atom is -0.272 e. The lowest BCUT2D eigenvalue weighted by Gasteiger charge is -2.08. The lowest BCUT2D eigenvalue weighted by atomic mass is 10.2. The molecule has 6 nitrogen and oxygen atoms in total. The van der Waals surface area contributed by atoms with E-state index >= 15 is 0 Å². The van der Waals surface area contributed by atoms with Crippen LogP contribution in [0.2, 0.25) is 5.02 Å². The van der Waals surface area contributed by atoms with Gasteiger partial charge in [0.25, 0.3) is 5.91 Å². The smallest absolute Gasteiger partial charge is 0.272 e. The summed E-state index contributed by atoms with van der Waals surface area (Å²) in [5.41, 5.74) is -0.910. The first-order valence-corrected chi connectivity index (χ1v) is 9.15. The number of pyridine rings is 1. The van der Waals surface area contributed by atoms with Gasteiger partial charge >= 0.3 is 12.2 Å². The van der Waals surface area contributed by atoms with E-state index in [0.29, 0.717) is 17.3 Å². The summed E-state index contributed by atoms with van der Waals surface area (Å²) in [6.45, 7) is 0. The number of aromatic nitrogens is 1. The number of hydrogen-bond acceptors (Lipinski definition) is 4. The highest BCUT2D eigenvalue weighted by atomic mass is 35.5. The van der Waals surface area contributed by atoms with E-state index in [1.807, 2.05) is 5.32 Å². The van der Waals surface area contributed by atoms with Crippen LogP contribution < -0.4 is 5.32 Å². The van der Waals surface area contributed by atoms with Crippen LogP contribution in [0.3, 0.4) is 0 Å². The minimum absolute atomic E-state index is 0.119. The van der Waals surface area contributed by atoms with Crippen LogP contribution in [0, 0.1) is 0 Å². The first-order chi connectivity index (χ1) is 12.0. The van der Waals surface area contributed by atoms with Crippen LogP contribution in [0.25, 0.3) is 0 Å². The second-order valence-electron chi connectivity index (χ2n) is 5.04. The van der Waals surface area contributed by atoms with Crippen LogP contribution >= 0.6 is 11.6 Å². The highest BCUT2D eigenvalue weighted by Gasteiger charge is 2.31. The maximum atomic E-state index is 12.5. The number of hydrogen-bond donors (Lipinski definition) is 1. The minimum atomic E-state index is -4.60. The van der Waals surface area contributed by atoms with Gasteiger partial charge in [-0.2, -0.15) is 13.2 Å². The normalized spacial score (nSPS) is 13.6. The molecule has 1 heterocycles. The summed E-state index contributed by atoms with van der Waals surface area (Å²) in [5.74, 6) is -0.800. The van der Waals surface area contributed by atoms with Gasteiger partial charge in [0.1, 0.15) is 5.03 Å². The molecule has 1 unspecified atom stereocenters. The molecule has 1 N–H and O–H groups in total. The van der Waals surface area contributed by atoms with Crippen molar-refractivity contribution >= 4 is 33.3 Å². The van der Waals surface area contributed by atoms with E-state index in [1.165, 1.54) is 24.3 Å². The van der Waals surface area contributed by atoms with Gasteiger partial charge < -0.3 is 0 Å². The van der Waals surface area contributed by atoms with Crippen LogP contribution in [0.4, 0.5) is 18.0 Å². The molecule has 0 aliphatic heterocycles. The molecule has 1 aromatic heterocycles. The van der Waals surface area contributed by atoms with E-state index in [2.05, 4.69) is 9.35 Å². The third-order valence-electron chi connectivity index (χ3n) is 3.04. The predicted molar refractivity (Wildman–Crippen MR) is 88.3 cm³/mol. The molecular weight excluding hydrogens is 395 g/mol. The molecule has 0 aliphatic rings. The Balaban J connectivity index is 2.18. The van der Waals surface area contributed by atoms with E-state index in [9.17, 15) is 27.0 Å². The predicted octanol–water partition coefficient (Wildman–Crippen LogP) is 3.76. The number of amides is 3.